The van der Waals surface area contributed by atoms with Gasteiger partial charge in [0.25, 0.3) is 0 Å². The van der Waals surface area contributed by atoms with Crippen LogP contribution in [0, 0.1) is 5.92 Å². The third kappa shape index (κ3) is 4.45. The van der Waals surface area contributed by atoms with Crippen LogP contribution in [-0.4, -0.2) is 23.6 Å². The van der Waals surface area contributed by atoms with E-state index in [9.17, 15) is 9.59 Å². The third-order valence-electron chi connectivity index (χ3n) is 4.16. The van der Waals surface area contributed by atoms with Crippen molar-refractivity contribution in [2.45, 2.75) is 64.6 Å². The summed E-state index contributed by atoms with van der Waals surface area (Å²) in [6, 6.07) is 0. The molecule has 4 nitrogen and oxygen atoms in total. The van der Waals surface area contributed by atoms with Gasteiger partial charge in [0.1, 0.15) is 11.7 Å². The molecule has 0 radical (unpaired) electrons. The smallest absolute Gasteiger partial charge is 0.333 e. The summed E-state index contributed by atoms with van der Waals surface area (Å²) in [6.07, 6.45) is 4.77. The second-order valence-electron chi connectivity index (χ2n) is 5.85. The van der Waals surface area contributed by atoms with Crippen LogP contribution in [0.4, 0.5) is 0 Å². The van der Waals surface area contributed by atoms with Crippen molar-refractivity contribution in [2.24, 2.45) is 5.92 Å². The maximum absolute atomic E-state index is 12.1. The number of ether oxygens (including phenoxy) is 2. The normalized spacial score (nSPS) is 26.0. The van der Waals surface area contributed by atoms with Crippen molar-refractivity contribution < 1.29 is 19.1 Å². The first-order valence-corrected chi connectivity index (χ1v) is 7.56. The molecule has 0 aromatic rings. The van der Waals surface area contributed by atoms with E-state index in [-0.39, 0.29) is 18.3 Å². The summed E-state index contributed by atoms with van der Waals surface area (Å²) in [5.41, 5.74) is -0.234. The van der Waals surface area contributed by atoms with E-state index in [1.54, 1.807) is 13.0 Å². The van der Waals surface area contributed by atoms with Crippen LogP contribution in [0.2, 0.25) is 0 Å². The lowest BCUT2D eigenvalue weighted by Crippen LogP contribution is -2.36. The van der Waals surface area contributed by atoms with Crippen LogP contribution in [0.5, 0.6) is 0 Å². The van der Waals surface area contributed by atoms with Gasteiger partial charge in [-0.2, -0.15) is 0 Å². The highest BCUT2D eigenvalue weighted by molar-refractivity contribution is 5.87. The van der Waals surface area contributed by atoms with Gasteiger partial charge in [-0.25, -0.2) is 4.79 Å². The molecule has 3 atom stereocenters. The molecule has 0 amide bonds. The molecule has 0 spiro atoms. The molecule has 1 aliphatic rings. The molecule has 1 saturated carbocycles. The molecule has 1 aliphatic carbocycles. The van der Waals surface area contributed by atoms with E-state index in [2.05, 4.69) is 20.1 Å². The molecule has 0 N–H and O–H groups in total. The Bertz CT molecular complexity index is 427. The van der Waals surface area contributed by atoms with Gasteiger partial charge < -0.3 is 9.47 Å². The molecule has 118 valence electrons. The van der Waals surface area contributed by atoms with Gasteiger partial charge in [0.05, 0.1) is 6.42 Å². The molecule has 0 aromatic heterocycles. The fraction of sp³-hybridized carbons (Fsp3) is 0.647. The van der Waals surface area contributed by atoms with Crippen molar-refractivity contribution >= 4 is 11.9 Å². The van der Waals surface area contributed by atoms with E-state index >= 15 is 0 Å². The summed E-state index contributed by atoms with van der Waals surface area (Å²) in [4.78, 5) is 23.7. The minimum Gasteiger partial charge on any atom is -0.458 e. The van der Waals surface area contributed by atoms with Crippen molar-refractivity contribution in [1.82, 2.24) is 0 Å². The summed E-state index contributed by atoms with van der Waals surface area (Å²) in [5.74, 6) is -0.538. The van der Waals surface area contributed by atoms with Crippen LogP contribution >= 0.6 is 0 Å². The number of esters is 2. The molecular formula is C17H26O4. The predicted octanol–water partition coefficient (Wildman–Crippen LogP) is 3.56. The van der Waals surface area contributed by atoms with Crippen LogP contribution < -0.4 is 0 Å². The van der Waals surface area contributed by atoms with Crippen molar-refractivity contribution in [3.05, 3.63) is 24.8 Å². The molecule has 0 saturated heterocycles. The maximum atomic E-state index is 12.1. The lowest BCUT2D eigenvalue weighted by molar-refractivity contribution is -0.162. The van der Waals surface area contributed by atoms with E-state index in [0.29, 0.717) is 12.0 Å². The number of carbonyl (C=O) groups is 2. The van der Waals surface area contributed by atoms with E-state index in [0.717, 1.165) is 19.3 Å². The second kappa shape index (κ2) is 7.43. The standard InChI is InChI=1S/C17H26O4/c1-6-14(20-16(19)12(3)4)11-15(18)21-17(7-2)10-8-9-13(17)5/h7,13-14H,2-3,6,8-11H2,1,4-5H3. The van der Waals surface area contributed by atoms with Gasteiger partial charge in [-0.15, -0.1) is 0 Å². The molecule has 0 bridgehead atoms. The van der Waals surface area contributed by atoms with Gasteiger partial charge >= 0.3 is 11.9 Å². The van der Waals surface area contributed by atoms with E-state index < -0.39 is 17.7 Å². The largest absolute Gasteiger partial charge is 0.458 e. The third-order valence-corrected chi connectivity index (χ3v) is 4.16. The molecule has 0 aliphatic heterocycles. The Hall–Kier alpha value is -1.58. The molecule has 1 rings (SSSR count). The van der Waals surface area contributed by atoms with Gasteiger partial charge in [-0.3, -0.25) is 4.79 Å². The van der Waals surface area contributed by atoms with Crippen LogP contribution in [0.25, 0.3) is 0 Å². The van der Waals surface area contributed by atoms with Crippen LogP contribution in [-0.2, 0) is 19.1 Å². The Morgan fingerprint density at radius 3 is 2.57 bits per heavy atom. The first kappa shape index (κ1) is 17.5. The van der Waals surface area contributed by atoms with Crippen LogP contribution in [0.15, 0.2) is 24.8 Å². The summed E-state index contributed by atoms with van der Waals surface area (Å²) < 4.78 is 10.9. The fourth-order valence-electron chi connectivity index (χ4n) is 2.63. The molecular weight excluding hydrogens is 268 g/mol. The molecule has 1 fully saturated rings. The first-order valence-electron chi connectivity index (χ1n) is 7.56. The monoisotopic (exact) mass is 294 g/mol. The van der Waals surface area contributed by atoms with E-state index in [1.165, 1.54) is 0 Å². The Kier molecular flexibility index (Phi) is 6.19. The number of carbonyl (C=O) groups excluding carboxylic acids is 2. The Morgan fingerprint density at radius 1 is 1.48 bits per heavy atom. The van der Waals surface area contributed by atoms with Crippen molar-refractivity contribution in [2.75, 3.05) is 0 Å². The van der Waals surface area contributed by atoms with Crippen molar-refractivity contribution in [1.29, 1.82) is 0 Å². The van der Waals surface area contributed by atoms with Gasteiger partial charge in [0.2, 0.25) is 0 Å². The zero-order chi connectivity index (χ0) is 16.0. The molecule has 21 heavy (non-hydrogen) atoms. The molecule has 4 heteroatoms. The highest BCUT2D eigenvalue weighted by Crippen LogP contribution is 2.39. The first-order chi connectivity index (χ1) is 9.84. The number of hydrogen-bond acceptors (Lipinski definition) is 4. The average molecular weight is 294 g/mol. The van der Waals surface area contributed by atoms with Crippen molar-refractivity contribution in [3.63, 3.8) is 0 Å². The fourth-order valence-corrected chi connectivity index (χ4v) is 2.63. The maximum Gasteiger partial charge on any atom is 0.333 e. The topological polar surface area (TPSA) is 52.6 Å². The molecule has 3 unspecified atom stereocenters. The minimum atomic E-state index is -0.562. The van der Waals surface area contributed by atoms with Gasteiger partial charge in [-0.1, -0.05) is 27.0 Å². The summed E-state index contributed by atoms with van der Waals surface area (Å²) in [5, 5.41) is 0. The lowest BCUT2D eigenvalue weighted by Gasteiger charge is -2.30. The quantitative estimate of drug-likeness (QED) is 0.409. The van der Waals surface area contributed by atoms with Gasteiger partial charge in [-0.05, 0) is 44.6 Å². The second-order valence-corrected chi connectivity index (χ2v) is 5.85. The zero-order valence-corrected chi connectivity index (χ0v) is 13.3. The Balaban J connectivity index is 2.60. The number of rotatable bonds is 7. The van der Waals surface area contributed by atoms with Gasteiger partial charge in [0.15, 0.2) is 0 Å². The van der Waals surface area contributed by atoms with Crippen molar-refractivity contribution in [3.8, 4) is 0 Å². The summed E-state index contributed by atoms with van der Waals surface area (Å²) in [7, 11) is 0. The van der Waals surface area contributed by atoms with E-state index in [4.69, 9.17) is 9.47 Å². The van der Waals surface area contributed by atoms with Crippen LogP contribution in [0.1, 0.15) is 52.9 Å². The summed E-state index contributed by atoms with van der Waals surface area (Å²) in [6.45, 7) is 12.9. The SMILES string of the molecule is C=CC1(OC(=O)CC(CC)OC(=O)C(=C)C)CCCC1C. The van der Waals surface area contributed by atoms with Gasteiger partial charge in [0, 0.05) is 5.57 Å². The zero-order valence-electron chi connectivity index (χ0n) is 13.3. The highest BCUT2D eigenvalue weighted by atomic mass is 16.6. The average Bonchev–Trinajstić information content (AvgIpc) is 2.79. The summed E-state index contributed by atoms with van der Waals surface area (Å²) >= 11 is 0. The minimum absolute atomic E-state index is 0.0673. The molecule has 0 heterocycles. The highest BCUT2D eigenvalue weighted by Gasteiger charge is 2.41. The Morgan fingerprint density at radius 2 is 2.14 bits per heavy atom. The lowest BCUT2D eigenvalue weighted by atomic mass is 9.92. The molecule has 0 aromatic carbocycles. The predicted molar refractivity (Wildman–Crippen MR) is 81.6 cm³/mol. The van der Waals surface area contributed by atoms with E-state index in [1.807, 2.05) is 6.92 Å². The Labute approximate surface area is 127 Å². The van der Waals surface area contributed by atoms with Crippen LogP contribution in [0.3, 0.4) is 0 Å². The number of hydrogen-bond donors (Lipinski definition) is 0.